The number of carbonyl (C=O) groups is 2. The molecule has 178 valence electrons. The molecule has 0 aliphatic carbocycles. The molecule has 0 saturated carbocycles. The summed E-state index contributed by atoms with van der Waals surface area (Å²) in [5, 5.41) is 5.41. The maximum atomic E-state index is 12.9. The topological polar surface area (TPSA) is 127 Å². The Morgan fingerprint density at radius 1 is 1.39 bits per heavy atom. The van der Waals surface area contributed by atoms with E-state index in [9.17, 15) is 14.4 Å². The second-order valence-electron chi connectivity index (χ2n) is 7.34. The lowest BCUT2D eigenvalue weighted by molar-refractivity contribution is -0.118. The molecule has 1 aliphatic heterocycles. The lowest BCUT2D eigenvalue weighted by atomic mass is 10.1. The fraction of sp³-hybridized carbons (Fsp3) is 0.524. The molecule has 33 heavy (non-hydrogen) atoms. The molecule has 1 saturated heterocycles. The van der Waals surface area contributed by atoms with Crippen LogP contribution in [0.1, 0.15) is 45.4 Å². The Labute approximate surface area is 199 Å². The van der Waals surface area contributed by atoms with Gasteiger partial charge < -0.3 is 19.4 Å². The number of ether oxygens (including phenoxy) is 2. The fourth-order valence-corrected chi connectivity index (χ4v) is 4.36. The molecule has 2 aromatic rings. The first-order valence-corrected chi connectivity index (χ1v) is 13.1. The second-order valence-corrected chi connectivity index (χ2v) is 9.85. The Hall–Kier alpha value is -2.46. The van der Waals surface area contributed by atoms with E-state index in [4.69, 9.17) is 9.47 Å². The number of nitrogens with zero attached hydrogens (tertiary/aromatic N) is 2. The van der Waals surface area contributed by atoms with Crippen molar-refractivity contribution >= 4 is 50.4 Å². The highest BCUT2D eigenvalue weighted by molar-refractivity contribution is 8.76. The number of hydrogen-bond acceptors (Lipinski definition) is 8. The third-order valence-corrected chi connectivity index (χ3v) is 6.43. The zero-order valence-electron chi connectivity index (χ0n) is 18.9. The molecule has 12 heteroatoms. The van der Waals surface area contributed by atoms with Crippen molar-refractivity contribution in [3.8, 4) is 11.8 Å². The summed E-state index contributed by atoms with van der Waals surface area (Å²) in [5.41, 5.74) is 0.378. The van der Waals surface area contributed by atoms with Crippen LogP contribution in [0.15, 0.2) is 11.0 Å². The van der Waals surface area contributed by atoms with Gasteiger partial charge >= 0.3 is 0 Å². The maximum absolute atomic E-state index is 12.9. The molecule has 10 nitrogen and oxygen atoms in total. The Morgan fingerprint density at radius 2 is 2.18 bits per heavy atom. The Balaban J connectivity index is 2.00. The average Bonchev–Trinajstić information content (AvgIpc) is 3.32. The average molecular weight is 494 g/mol. The van der Waals surface area contributed by atoms with E-state index in [2.05, 4.69) is 32.4 Å². The molecular weight excluding hydrogens is 466 g/mol. The van der Waals surface area contributed by atoms with Gasteiger partial charge in [-0.05, 0) is 12.7 Å². The van der Waals surface area contributed by atoms with E-state index in [-0.39, 0.29) is 36.5 Å². The highest BCUT2D eigenvalue weighted by atomic mass is 33.1. The number of amides is 2. The third-order valence-electron chi connectivity index (χ3n) is 4.97. The number of nitrogens with one attached hydrogen (secondary N) is 3. The number of hydrogen-bond donors (Lipinski definition) is 3. The number of rotatable bonds is 8. The molecule has 0 spiro atoms. The Morgan fingerprint density at radius 3 is 2.85 bits per heavy atom. The molecule has 3 heterocycles. The van der Waals surface area contributed by atoms with Crippen LogP contribution in [0.4, 0.5) is 5.95 Å². The summed E-state index contributed by atoms with van der Waals surface area (Å²) in [6, 6.07) is 0. The van der Waals surface area contributed by atoms with E-state index in [1.165, 1.54) is 13.8 Å². The van der Waals surface area contributed by atoms with Gasteiger partial charge in [-0.25, -0.2) is 0 Å². The predicted octanol–water partition coefficient (Wildman–Crippen LogP) is 2.22. The van der Waals surface area contributed by atoms with Crippen LogP contribution in [0.3, 0.4) is 0 Å². The molecule has 3 atom stereocenters. The van der Waals surface area contributed by atoms with Crippen molar-refractivity contribution in [2.24, 2.45) is 0 Å². The summed E-state index contributed by atoms with van der Waals surface area (Å²) in [5.74, 6) is 5.84. The molecule has 1 aliphatic rings. The third kappa shape index (κ3) is 6.32. The highest BCUT2D eigenvalue weighted by Crippen LogP contribution is 2.36. The van der Waals surface area contributed by atoms with Gasteiger partial charge in [0.25, 0.3) is 5.56 Å². The number of anilines is 1. The van der Waals surface area contributed by atoms with Crippen molar-refractivity contribution in [3.63, 3.8) is 0 Å². The first-order valence-electron chi connectivity index (χ1n) is 10.4. The van der Waals surface area contributed by atoms with Crippen molar-refractivity contribution in [1.29, 1.82) is 0 Å². The molecular formula is C21H27N5O5S2. The van der Waals surface area contributed by atoms with Crippen molar-refractivity contribution < 1.29 is 19.1 Å². The quantitative estimate of drug-likeness (QED) is 0.221. The molecule has 3 N–H and O–H groups in total. The van der Waals surface area contributed by atoms with E-state index < -0.39 is 11.8 Å². The van der Waals surface area contributed by atoms with Gasteiger partial charge in [0.2, 0.25) is 17.8 Å². The van der Waals surface area contributed by atoms with Crippen LogP contribution in [0.25, 0.3) is 11.0 Å². The smallest absolute Gasteiger partial charge is 0.263 e. The number of aromatic nitrogens is 3. The molecule has 0 aromatic carbocycles. The minimum absolute atomic E-state index is 0.0475. The molecule has 3 rings (SSSR count). The molecule has 0 radical (unpaired) electrons. The van der Waals surface area contributed by atoms with E-state index in [1.807, 2.05) is 13.2 Å². The van der Waals surface area contributed by atoms with Crippen LogP contribution in [0.2, 0.25) is 0 Å². The monoisotopic (exact) mass is 493 g/mol. The lowest BCUT2D eigenvalue weighted by Crippen LogP contribution is -2.23. The molecule has 0 unspecified atom stereocenters. The second kappa shape index (κ2) is 11.6. The summed E-state index contributed by atoms with van der Waals surface area (Å²) in [4.78, 5) is 42.5. The van der Waals surface area contributed by atoms with Crippen molar-refractivity contribution in [1.82, 2.24) is 19.9 Å². The van der Waals surface area contributed by atoms with Crippen LogP contribution in [-0.2, 0) is 19.1 Å². The van der Waals surface area contributed by atoms with E-state index in [0.717, 1.165) is 6.42 Å². The Kier molecular flexibility index (Phi) is 8.85. The van der Waals surface area contributed by atoms with E-state index in [1.54, 1.807) is 32.4 Å². The SMILES string of the molecule is CC[C@H]1O[C@@H](n2cc(C#CCNC(C)=O)c3c(=O)[nH]c(NC(C)=O)nc32)C[C@H]1OCSSC. The largest absolute Gasteiger partial charge is 0.364 e. The molecule has 0 bridgehead atoms. The standard InChI is InChI=1S/C21H27N5O5S2/c1-5-15-16(30-11-33-32-4)9-17(31-15)26-10-14(7-6-8-22-12(2)27)18-19(26)24-21(23-13(3)28)25-20(18)29/h10,15-17H,5,8-9,11H2,1-4H3,(H,22,27)(H2,23,24,25,28,29)/t15-,16-,17-/m1/s1. The van der Waals surface area contributed by atoms with Crippen molar-refractivity contribution in [3.05, 3.63) is 22.1 Å². The van der Waals surface area contributed by atoms with Crippen LogP contribution in [0.5, 0.6) is 0 Å². The lowest BCUT2D eigenvalue weighted by Gasteiger charge is -2.16. The zero-order valence-corrected chi connectivity index (χ0v) is 20.5. The molecule has 1 fully saturated rings. The van der Waals surface area contributed by atoms with Crippen LogP contribution in [-0.4, -0.2) is 57.3 Å². The van der Waals surface area contributed by atoms with Gasteiger partial charge in [0.15, 0.2) is 5.65 Å². The minimum Gasteiger partial charge on any atom is -0.364 e. The highest BCUT2D eigenvalue weighted by Gasteiger charge is 2.37. The summed E-state index contributed by atoms with van der Waals surface area (Å²) in [6.45, 7) is 4.93. The van der Waals surface area contributed by atoms with Crippen molar-refractivity contribution in [2.75, 3.05) is 24.1 Å². The normalized spacial score (nSPS) is 19.8. The summed E-state index contributed by atoms with van der Waals surface area (Å²) >= 11 is 0. The number of H-pyrrole nitrogens is 1. The predicted molar refractivity (Wildman–Crippen MR) is 130 cm³/mol. The van der Waals surface area contributed by atoms with Crippen LogP contribution >= 0.6 is 21.6 Å². The fourth-order valence-electron chi connectivity index (χ4n) is 3.58. The number of aromatic amines is 1. The summed E-state index contributed by atoms with van der Waals surface area (Å²) in [7, 11) is 3.26. The van der Waals surface area contributed by atoms with Gasteiger partial charge in [-0.3, -0.25) is 24.7 Å². The maximum Gasteiger partial charge on any atom is 0.263 e. The van der Waals surface area contributed by atoms with Gasteiger partial charge in [0, 0.05) is 26.5 Å². The van der Waals surface area contributed by atoms with Crippen LogP contribution in [0, 0.1) is 11.8 Å². The first kappa shape index (κ1) is 25.2. The van der Waals surface area contributed by atoms with Gasteiger partial charge in [-0.2, -0.15) is 4.98 Å². The summed E-state index contributed by atoms with van der Waals surface area (Å²) in [6.07, 6.45) is 4.48. The first-order chi connectivity index (χ1) is 15.8. The Bertz CT molecular complexity index is 1140. The molecule has 2 amide bonds. The zero-order chi connectivity index (χ0) is 24.0. The molecule has 2 aromatic heterocycles. The number of carbonyl (C=O) groups excluding carboxylic acids is 2. The minimum atomic E-state index is -0.430. The van der Waals surface area contributed by atoms with E-state index >= 15 is 0 Å². The van der Waals surface area contributed by atoms with Gasteiger partial charge in [0.05, 0.1) is 29.7 Å². The van der Waals surface area contributed by atoms with Gasteiger partial charge in [-0.1, -0.05) is 40.4 Å². The van der Waals surface area contributed by atoms with Gasteiger partial charge in [-0.15, -0.1) is 0 Å². The van der Waals surface area contributed by atoms with Gasteiger partial charge in [0.1, 0.15) is 12.2 Å². The van der Waals surface area contributed by atoms with Crippen LogP contribution < -0.4 is 16.2 Å². The van der Waals surface area contributed by atoms with Crippen molar-refractivity contribution in [2.45, 2.75) is 52.0 Å². The summed E-state index contributed by atoms with van der Waals surface area (Å²) < 4.78 is 14.0. The number of fused-ring (bicyclic) bond motifs is 1. The van der Waals surface area contributed by atoms with E-state index in [0.29, 0.717) is 29.0 Å².